The molecular formula is C25H26N2O4. The molecule has 2 N–H and O–H groups in total. The van der Waals surface area contributed by atoms with E-state index in [9.17, 15) is 9.59 Å². The third-order valence-corrected chi connectivity index (χ3v) is 4.60. The summed E-state index contributed by atoms with van der Waals surface area (Å²) in [6, 6.07) is 24.0. The van der Waals surface area contributed by atoms with Crippen LogP contribution >= 0.6 is 0 Å². The van der Waals surface area contributed by atoms with Gasteiger partial charge in [0, 0.05) is 5.56 Å². The Hall–Kier alpha value is -3.80. The molecule has 3 aromatic rings. The second-order valence-electron chi connectivity index (χ2n) is 7.07. The molecule has 0 spiro atoms. The Morgan fingerprint density at radius 1 is 0.871 bits per heavy atom. The highest BCUT2D eigenvalue weighted by Gasteiger charge is 2.19. The van der Waals surface area contributed by atoms with Crippen molar-refractivity contribution in [1.29, 1.82) is 0 Å². The number of carbonyl (C=O) groups excluding carboxylic acids is 2. The van der Waals surface area contributed by atoms with Crippen molar-refractivity contribution >= 4 is 11.8 Å². The van der Waals surface area contributed by atoms with Gasteiger partial charge in [0.1, 0.15) is 18.1 Å². The van der Waals surface area contributed by atoms with E-state index >= 15 is 0 Å². The molecule has 160 valence electrons. The van der Waals surface area contributed by atoms with E-state index in [1.54, 1.807) is 30.3 Å². The zero-order chi connectivity index (χ0) is 22.1. The van der Waals surface area contributed by atoms with Crippen molar-refractivity contribution < 1.29 is 19.1 Å². The Morgan fingerprint density at radius 2 is 1.61 bits per heavy atom. The Labute approximate surface area is 182 Å². The maximum atomic E-state index is 12.4. The fraction of sp³-hybridized carbons (Fsp3) is 0.200. The predicted molar refractivity (Wildman–Crippen MR) is 119 cm³/mol. The van der Waals surface area contributed by atoms with Crippen LogP contribution in [0, 0.1) is 6.92 Å². The molecule has 0 aromatic heterocycles. The third kappa shape index (κ3) is 6.60. The standard InChI is InChI=1S/C25H26N2O4/c1-3-23(31-22-11-7-8-18(2)16-22)25(29)27-26-24(28)20-12-14-21(15-13-20)30-17-19-9-5-4-6-10-19/h4-16,23H,3,17H2,1-2H3,(H,26,28)(H,27,29). The molecule has 2 amide bonds. The van der Waals surface area contributed by atoms with Crippen molar-refractivity contribution in [3.8, 4) is 11.5 Å². The van der Waals surface area contributed by atoms with Crippen LogP contribution in [0.3, 0.4) is 0 Å². The number of benzene rings is 3. The average molecular weight is 418 g/mol. The maximum Gasteiger partial charge on any atom is 0.279 e. The van der Waals surface area contributed by atoms with Gasteiger partial charge < -0.3 is 9.47 Å². The second kappa shape index (κ2) is 10.8. The van der Waals surface area contributed by atoms with E-state index in [-0.39, 0.29) is 0 Å². The third-order valence-electron chi connectivity index (χ3n) is 4.60. The Kier molecular flexibility index (Phi) is 7.65. The molecule has 31 heavy (non-hydrogen) atoms. The highest BCUT2D eigenvalue weighted by molar-refractivity contribution is 5.95. The van der Waals surface area contributed by atoms with Crippen LogP contribution in [-0.4, -0.2) is 17.9 Å². The number of hydrogen-bond acceptors (Lipinski definition) is 4. The van der Waals surface area contributed by atoms with Gasteiger partial charge in [-0.25, -0.2) is 0 Å². The second-order valence-corrected chi connectivity index (χ2v) is 7.07. The van der Waals surface area contributed by atoms with Crippen LogP contribution in [0.15, 0.2) is 78.9 Å². The van der Waals surface area contributed by atoms with Crippen molar-refractivity contribution in [2.45, 2.75) is 33.0 Å². The minimum absolute atomic E-state index is 0.403. The number of aryl methyl sites for hydroxylation is 1. The molecule has 0 aliphatic rings. The summed E-state index contributed by atoms with van der Waals surface area (Å²) in [5, 5.41) is 0. The Balaban J connectivity index is 1.49. The fourth-order valence-corrected chi connectivity index (χ4v) is 2.89. The van der Waals surface area contributed by atoms with Crippen LogP contribution in [0.25, 0.3) is 0 Å². The minimum atomic E-state index is -0.712. The maximum absolute atomic E-state index is 12.4. The number of ether oxygens (including phenoxy) is 2. The molecule has 0 radical (unpaired) electrons. The summed E-state index contributed by atoms with van der Waals surface area (Å²) in [5.74, 6) is 0.426. The fourth-order valence-electron chi connectivity index (χ4n) is 2.89. The van der Waals surface area contributed by atoms with Gasteiger partial charge in [0.15, 0.2) is 6.10 Å². The van der Waals surface area contributed by atoms with E-state index < -0.39 is 17.9 Å². The Morgan fingerprint density at radius 3 is 2.29 bits per heavy atom. The molecule has 0 aliphatic heterocycles. The van der Waals surface area contributed by atoms with Crippen LogP contribution in [0.2, 0.25) is 0 Å². The van der Waals surface area contributed by atoms with Gasteiger partial charge in [0.25, 0.3) is 11.8 Å². The van der Waals surface area contributed by atoms with Gasteiger partial charge in [-0.2, -0.15) is 0 Å². The van der Waals surface area contributed by atoms with Gasteiger partial charge in [-0.05, 0) is 60.9 Å². The van der Waals surface area contributed by atoms with Crippen molar-refractivity contribution in [2.75, 3.05) is 0 Å². The smallest absolute Gasteiger partial charge is 0.279 e. The van der Waals surface area contributed by atoms with Crippen molar-refractivity contribution in [3.63, 3.8) is 0 Å². The Bertz CT molecular complexity index is 1000. The zero-order valence-corrected chi connectivity index (χ0v) is 17.6. The summed E-state index contributed by atoms with van der Waals surface area (Å²) in [6.07, 6.45) is -0.251. The highest BCUT2D eigenvalue weighted by atomic mass is 16.5. The first-order valence-electron chi connectivity index (χ1n) is 10.2. The first kappa shape index (κ1) is 21.9. The molecule has 0 bridgehead atoms. The molecular weight excluding hydrogens is 392 g/mol. The van der Waals surface area contributed by atoms with E-state index in [1.165, 1.54) is 0 Å². The topological polar surface area (TPSA) is 76.7 Å². The number of hydrogen-bond donors (Lipinski definition) is 2. The summed E-state index contributed by atoms with van der Waals surface area (Å²) >= 11 is 0. The normalized spacial score (nSPS) is 11.3. The molecule has 0 fully saturated rings. The lowest BCUT2D eigenvalue weighted by Gasteiger charge is -2.18. The number of hydrazine groups is 1. The number of rotatable bonds is 8. The van der Waals surface area contributed by atoms with E-state index in [1.807, 2.05) is 62.4 Å². The summed E-state index contributed by atoms with van der Waals surface area (Å²) in [6.45, 7) is 4.24. The van der Waals surface area contributed by atoms with Crippen LogP contribution < -0.4 is 20.3 Å². The van der Waals surface area contributed by atoms with Crippen LogP contribution in [0.4, 0.5) is 0 Å². The lowest BCUT2D eigenvalue weighted by Crippen LogP contribution is -2.47. The number of amides is 2. The van der Waals surface area contributed by atoms with E-state index in [4.69, 9.17) is 9.47 Å². The summed E-state index contributed by atoms with van der Waals surface area (Å²) in [7, 11) is 0. The summed E-state index contributed by atoms with van der Waals surface area (Å²) in [4.78, 5) is 24.7. The summed E-state index contributed by atoms with van der Waals surface area (Å²) in [5.41, 5.74) is 7.36. The van der Waals surface area contributed by atoms with Crippen molar-refractivity contribution in [2.24, 2.45) is 0 Å². The molecule has 0 saturated carbocycles. The molecule has 0 aliphatic carbocycles. The van der Waals surface area contributed by atoms with Gasteiger partial charge in [-0.3, -0.25) is 20.4 Å². The highest BCUT2D eigenvalue weighted by Crippen LogP contribution is 2.16. The van der Waals surface area contributed by atoms with E-state index in [0.29, 0.717) is 30.1 Å². The molecule has 0 heterocycles. The van der Waals surface area contributed by atoms with E-state index in [0.717, 1.165) is 11.1 Å². The first-order valence-corrected chi connectivity index (χ1v) is 10.2. The van der Waals surface area contributed by atoms with E-state index in [2.05, 4.69) is 10.9 Å². The lowest BCUT2D eigenvalue weighted by atomic mass is 10.2. The van der Waals surface area contributed by atoms with Crippen LogP contribution in [0.1, 0.15) is 34.8 Å². The quantitative estimate of drug-likeness (QED) is 0.538. The van der Waals surface area contributed by atoms with Gasteiger partial charge in [-0.15, -0.1) is 0 Å². The molecule has 6 nitrogen and oxygen atoms in total. The molecule has 6 heteroatoms. The monoisotopic (exact) mass is 418 g/mol. The zero-order valence-electron chi connectivity index (χ0n) is 17.6. The van der Waals surface area contributed by atoms with Crippen LogP contribution in [-0.2, 0) is 11.4 Å². The first-order chi connectivity index (χ1) is 15.0. The molecule has 3 rings (SSSR count). The van der Waals surface area contributed by atoms with Gasteiger partial charge in [0.05, 0.1) is 0 Å². The van der Waals surface area contributed by atoms with Crippen LogP contribution in [0.5, 0.6) is 11.5 Å². The molecule has 1 atom stereocenters. The van der Waals surface area contributed by atoms with Gasteiger partial charge in [0.2, 0.25) is 0 Å². The van der Waals surface area contributed by atoms with Crippen molar-refractivity contribution in [1.82, 2.24) is 10.9 Å². The SMILES string of the molecule is CCC(Oc1cccc(C)c1)C(=O)NNC(=O)c1ccc(OCc2ccccc2)cc1. The summed E-state index contributed by atoms with van der Waals surface area (Å²) < 4.78 is 11.5. The molecule has 1 unspecified atom stereocenters. The largest absolute Gasteiger partial charge is 0.489 e. The minimum Gasteiger partial charge on any atom is -0.489 e. The van der Waals surface area contributed by atoms with Gasteiger partial charge in [-0.1, -0.05) is 49.4 Å². The molecule has 0 saturated heterocycles. The van der Waals surface area contributed by atoms with Gasteiger partial charge >= 0.3 is 0 Å². The molecule has 3 aromatic carbocycles. The number of carbonyl (C=O) groups is 2. The lowest BCUT2D eigenvalue weighted by molar-refractivity contribution is -0.128. The predicted octanol–water partition coefficient (Wildman–Crippen LogP) is 4.19. The average Bonchev–Trinajstić information content (AvgIpc) is 2.80. The number of nitrogens with one attached hydrogen (secondary N) is 2. The van der Waals surface area contributed by atoms with Crippen molar-refractivity contribution in [3.05, 3.63) is 95.6 Å².